The number of hydrogen-bond donors (Lipinski definition) is 1. The van der Waals surface area contributed by atoms with E-state index < -0.39 is 5.60 Å². The maximum absolute atomic E-state index is 11.9. The first-order chi connectivity index (χ1) is 7.86. The molecule has 0 heterocycles. The summed E-state index contributed by atoms with van der Waals surface area (Å²) >= 11 is 0. The normalized spacial score (nSPS) is 11.1. The number of nitrogens with one attached hydrogen (secondary N) is 1. The first kappa shape index (κ1) is 13.5. The molecule has 0 aliphatic rings. The summed E-state index contributed by atoms with van der Waals surface area (Å²) in [6.45, 7) is 3.47. The minimum Gasteiger partial charge on any atom is -0.378 e. The predicted octanol–water partition coefficient (Wildman–Crippen LogP) is 2.12. The van der Waals surface area contributed by atoms with E-state index in [1.165, 1.54) is 7.11 Å². The second-order valence-electron chi connectivity index (χ2n) is 4.61. The van der Waals surface area contributed by atoms with Crippen LogP contribution in [0.2, 0.25) is 0 Å². The Morgan fingerprint density at radius 2 is 2.00 bits per heavy atom. The Hall–Kier alpha value is -1.55. The number of benzene rings is 1. The lowest BCUT2D eigenvalue weighted by Crippen LogP contribution is -2.38. The van der Waals surface area contributed by atoms with Crippen LogP contribution in [-0.2, 0) is 9.53 Å². The van der Waals surface area contributed by atoms with Gasteiger partial charge in [-0.05, 0) is 32.0 Å². The molecule has 1 rings (SSSR count). The summed E-state index contributed by atoms with van der Waals surface area (Å²) in [4.78, 5) is 13.9. The molecule has 0 fully saturated rings. The average Bonchev–Trinajstić information content (AvgIpc) is 2.29. The van der Waals surface area contributed by atoms with Crippen LogP contribution in [0.15, 0.2) is 24.3 Å². The monoisotopic (exact) mass is 236 g/mol. The summed E-state index contributed by atoms with van der Waals surface area (Å²) in [6, 6.07) is 7.67. The van der Waals surface area contributed by atoms with Crippen molar-refractivity contribution in [3.05, 3.63) is 24.3 Å². The molecule has 1 amide bonds. The standard InChI is InChI=1S/C13H20N2O2/c1-13(2,17-5)12(16)14-10-7-6-8-11(9-10)15(3)4/h6-9H,1-5H3,(H,14,16). The van der Waals surface area contributed by atoms with Crippen molar-refractivity contribution in [2.75, 3.05) is 31.4 Å². The molecule has 17 heavy (non-hydrogen) atoms. The Morgan fingerprint density at radius 1 is 1.35 bits per heavy atom. The minimum atomic E-state index is -0.825. The van der Waals surface area contributed by atoms with Gasteiger partial charge in [-0.2, -0.15) is 0 Å². The Kier molecular flexibility index (Phi) is 4.12. The molecule has 4 heteroatoms. The van der Waals surface area contributed by atoms with E-state index in [9.17, 15) is 4.79 Å². The van der Waals surface area contributed by atoms with Crippen molar-refractivity contribution in [1.29, 1.82) is 0 Å². The molecular formula is C13H20N2O2. The number of carbonyl (C=O) groups is 1. The maximum Gasteiger partial charge on any atom is 0.256 e. The van der Waals surface area contributed by atoms with Gasteiger partial charge in [0.1, 0.15) is 5.60 Å². The van der Waals surface area contributed by atoms with Crippen molar-refractivity contribution in [2.24, 2.45) is 0 Å². The summed E-state index contributed by atoms with van der Waals surface area (Å²) in [6.07, 6.45) is 0. The zero-order valence-corrected chi connectivity index (χ0v) is 11.1. The lowest BCUT2D eigenvalue weighted by atomic mass is 10.1. The van der Waals surface area contributed by atoms with Crippen molar-refractivity contribution < 1.29 is 9.53 Å². The Bertz CT molecular complexity index is 400. The van der Waals surface area contributed by atoms with E-state index in [-0.39, 0.29) is 5.91 Å². The number of nitrogens with zero attached hydrogens (tertiary/aromatic N) is 1. The molecule has 0 aromatic heterocycles. The van der Waals surface area contributed by atoms with Gasteiger partial charge in [-0.15, -0.1) is 0 Å². The molecule has 1 aromatic rings. The molecule has 0 saturated heterocycles. The fraction of sp³-hybridized carbons (Fsp3) is 0.462. The first-order valence-electron chi connectivity index (χ1n) is 5.51. The molecule has 1 N–H and O–H groups in total. The average molecular weight is 236 g/mol. The molecular weight excluding hydrogens is 216 g/mol. The number of hydrogen-bond acceptors (Lipinski definition) is 3. The number of ether oxygens (including phenoxy) is 1. The lowest BCUT2D eigenvalue weighted by Gasteiger charge is -2.22. The number of methoxy groups -OCH3 is 1. The number of amides is 1. The third-order valence-electron chi connectivity index (χ3n) is 2.68. The van der Waals surface area contributed by atoms with Gasteiger partial charge < -0.3 is 15.0 Å². The van der Waals surface area contributed by atoms with Gasteiger partial charge in [-0.1, -0.05) is 6.07 Å². The second kappa shape index (κ2) is 5.19. The van der Waals surface area contributed by atoms with Crippen LogP contribution in [-0.4, -0.2) is 32.7 Å². The third kappa shape index (κ3) is 3.46. The fourth-order valence-corrected chi connectivity index (χ4v) is 1.24. The first-order valence-corrected chi connectivity index (χ1v) is 5.51. The van der Waals surface area contributed by atoms with Crippen molar-refractivity contribution in [3.8, 4) is 0 Å². The van der Waals surface area contributed by atoms with Crippen LogP contribution in [0, 0.1) is 0 Å². The quantitative estimate of drug-likeness (QED) is 0.870. The molecule has 0 bridgehead atoms. The summed E-state index contributed by atoms with van der Waals surface area (Å²) in [5.41, 5.74) is 0.984. The van der Waals surface area contributed by atoms with E-state index in [1.807, 2.05) is 43.3 Å². The lowest BCUT2D eigenvalue weighted by molar-refractivity contribution is -0.133. The van der Waals surface area contributed by atoms with Crippen molar-refractivity contribution in [1.82, 2.24) is 0 Å². The summed E-state index contributed by atoms with van der Waals surface area (Å²) < 4.78 is 5.13. The molecule has 0 aliphatic heterocycles. The Labute approximate surface area is 103 Å². The highest BCUT2D eigenvalue weighted by molar-refractivity contribution is 5.97. The van der Waals surface area contributed by atoms with Crippen LogP contribution >= 0.6 is 0 Å². The summed E-state index contributed by atoms with van der Waals surface area (Å²) in [7, 11) is 5.44. The second-order valence-corrected chi connectivity index (χ2v) is 4.61. The van der Waals surface area contributed by atoms with Crippen LogP contribution in [0.25, 0.3) is 0 Å². The molecule has 0 unspecified atom stereocenters. The van der Waals surface area contributed by atoms with Gasteiger partial charge in [0, 0.05) is 32.6 Å². The van der Waals surface area contributed by atoms with E-state index in [2.05, 4.69) is 5.32 Å². The van der Waals surface area contributed by atoms with Gasteiger partial charge in [0.25, 0.3) is 5.91 Å². The minimum absolute atomic E-state index is 0.157. The van der Waals surface area contributed by atoms with Crippen LogP contribution in [0.3, 0.4) is 0 Å². The van der Waals surface area contributed by atoms with Crippen molar-refractivity contribution in [2.45, 2.75) is 19.4 Å². The highest BCUT2D eigenvalue weighted by Gasteiger charge is 2.26. The van der Waals surface area contributed by atoms with Gasteiger partial charge in [-0.25, -0.2) is 0 Å². The van der Waals surface area contributed by atoms with Crippen LogP contribution in [0.1, 0.15) is 13.8 Å². The molecule has 94 valence electrons. The highest BCUT2D eigenvalue weighted by atomic mass is 16.5. The summed E-state index contributed by atoms with van der Waals surface area (Å²) in [5, 5.41) is 2.84. The van der Waals surface area contributed by atoms with E-state index in [0.717, 1.165) is 11.4 Å². The molecule has 0 spiro atoms. The zero-order chi connectivity index (χ0) is 13.1. The van der Waals surface area contributed by atoms with Crippen molar-refractivity contribution in [3.63, 3.8) is 0 Å². The van der Waals surface area contributed by atoms with Gasteiger partial charge in [0.05, 0.1) is 0 Å². The number of rotatable bonds is 4. The smallest absolute Gasteiger partial charge is 0.256 e. The maximum atomic E-state index is 11.9. The van der Waals surface area contributed by atoms with Gasteiger partial charge in [0.15, 0.2) is 0 Å². The van der Waals surface area contributed by atoms with Gasteiger partial charge in [0.2, 0.25) is 0 Å². The zero-order valence-electron chi connectivity index (χ0n) is 11.1. The molecule has 0 saturated carbocycles. The molecule has 1 aromatic carbocycles. The Morgan fingerprint density at radius 3 is 2.53 bits per heavy atom. The van der Waals surface area contributed by atoms with Crippen LogP contribution < -0.4 is 10.2 Å². The predicted molar refractivity (Wildman–Crippen MR) is 70.5 cm³/mol. The fourth-order valence-electron chi connectivity index (χ4n) is 1.24. The Balaban J connectivity index is 2.82. The van der Waals surface area contributed by atoms with E-state index in [0.29, 0.717) is 0 Å². The third-order valence-corrected chi connectivity index (χ3v) is 2.68. The molecule has 0 aliphatic carbocycles. The highest BCUT2D eigenvalue weighted by Crippen LogP contribution is 2.19. The summed E-state index contributed by atoms with van der Waals surface area (Å²) in [5.74, 6) is -0.157. The van der Waals surface area contributed by atoms with E-state index in [4.69, 9.17) is 4.74 Å². The topological polar surface area (TPSA) is 41.6 Å². The van der Waals surface area contributed by atoms with E-state index in [1.54, 1.807) is 13.8 Å². The van der Waals surface area contributed by atoms with Crippen molar-refractivity contribution >= 4 is 17.3 Å². The molecule has 0 atom stereocenters. The molecule has 0 radical (unpaired) electrons. The number of carbonyl (C=O) groups excluding carboxylic acids is 1. The largest absolute Gasteiger partial charge is 0.378 e. The molecule has 4 nitrogen and oxygen atoms in total. The van der Waals surface area contributed by atoms with Gasteiger partial charge in [-0.3, -0.25) is 4.79 Å². The van der Waals surface area contributed by atoms with Crippen LogP contribution in [0.4, 0.5) is 11.4 Å². The van der Waals surface area contributed by atoms with Crippen LogP contribution in [0.5, 0.6) is 0 Å². The van der Waals surface area contributed by atoms with Gasteiger partial charge >= 0.3 is 0 Å². The SMILES string of the molecule is COC(C)(C)C(=O)Nc1cccc(N(C)C)c1. The number of anilines is 2. The van der Waals surface area contributed by atoms with E-state index >= 15 is 0 Å².